The molecule has 1 aromatic carbocycles. The molecule has 106 valence electrons. The first-order chi connectivity index (χ1) is 9.38. The van der Waals surface area contributed by atoms with E-state index in [-0.39, 0.29) is 6.42 Å². The summed E-state index contributed by atoms with van der Waals surface area (Å²) in [5.41, 5.74) is 1.49. The minimum absolute atomic E-state index is 0.144. The maximum Gasteiger partial charge on any atom is 0.307 e. The molecule has 2 N–H and O–H groups in total. The third-order valence-corrected chi connectivity index (χ3v) is 4.50. The van der Waals surface area contributed by atoms with E-state index in [0.29, 0.717) is 36.3 Å². The van der Waals surface area contributed by atoms with Crippen molar-refractivity contribution in [3.63, 3.8) is 0 Å². The molecule has 2 aromatic rings. The van der Waals surface area contributed by atoms with E-state index in [2.05, 4.69) is 5.32 Å². The second-order valence-corrected chi connectivity index (χ2v) is 6.58. The SMILES string of the molecule is O=C(O)Cc1csc(Cl)c1Nc1c(Cl)cc(Cl)cc1Cl. The average molecular weight is 371 g/mol. The zero-order valence-corrected chi connectivity index (χ0v) is 13.6. The maximum atomic E-state index is 10.8. The number of aliphatic carboxylic acids is 1. The number of carboxylic acid groups (broad SMARTS) is 1. The fourth-order valence-corrected chi connectivity index (χ4v) is 3.54. The van der Waals surface area contributed by atoms with Crippen molar-refractivity contribution in [3.05, 3.63) is 42.5 Å². The van der Waals surface area contributed by atoms with Gasteiger partial charge in [-0.15, -0.1) is 11.3 Å². The largest absolute Gasteiger partial charge is 0.481 e. The number of hydrogen-bond donors (Lipinski definition) is 2. The quantitative estimate of drug-likeness (QED) is 0.722. The Morgan fingerprint density at radius 3 is 2.30 bits per heavy atom. The molecule has 0 saturated heterocycles. The zero-order chi connectivity index (χ0) is 14.9. The second-order valence-electron chi connectivity index (χ2n) is 3.85. The number of carboxylic acids is 1. The molecule has 0 fully saturated rings. The predicted octanol–water partition coefficient (Wildman–Crippen LogP) is 5.73. The van der Waals surface area contributed by atoms with Crippen LogP contribution < -0.4 is 5.32 Å². The van der Waals surface area contributed by atoms with E-state index in [4.69, 9.17) is 51.5 Å². The summed E-state index contributed by atoms with van der Waals surface area (Å²) in [6, 6.07) is 3.07. The van der Waals surface area contributed by atoms with Gasteiger partial charge in [-0.05, 0) is 23.1 Å². The Morgan fingerprint density at radius 2 is 1.75 bits per heavy atom. The Kier molecular flexibility index (Phi) is 5.04. The number of anilines is 2. The molecule has 1 aromatic heterocycles. The average Bonchev–Trinajstić information content (AvgIpc) is 2.64. The Morgan fingerprint density at radius 1 is 1.15 bits per heavy atom. The monoisotopic (exact) mass is 369 g/mol. The summed E-state index contributed by atoms with van der Waals surface area (Å²) in [6.45, 7) is 0. The van der Waals surface area contributed by atoms with E-state index >= 15 is 0 Å². The van der Waals surface area contributed by atoms with Crippen LogP contribution in [0.4, 0.5) is 11.4 Å². The van der Waals surface area contributed by atoms with Crippen LogP contribution in [0.3, 0.4) is 0 Å². The molecule has 0 spiro atoms. The van der Waals surface area contributed by atoms with E-state index in [0.717, 1.165) is 0 Å². The lowest BCUT2D eigenvalue weighted by molar-refractivity contribution is -0.136. The summed E-state index contributed by atoms with van der Waals surface area (Å²) in [7, 11) is 0. The Balaban J connectivity index is 2.40. The predicted molar refractivity (Wildman–Crippen MR) is 85.4 cm³/mol. The van der Waals surface area contributed by atoms with E-state index in [1.165, 1.54) is 23.5 Å². The summed E-state index contributed by atoms with van der Waals surface area (Å²) >= 11 is 25.3. The molecule has 2 rings (SSSR count). The number of carbonyl (C=O) groups is 1. The third-order valence-electron chi connectivity index (χ3n) is 2.42. The van der Waals surface area contributed by atoms with Crippen molar-refractivity contribution < 1.29 is 9.90 Å². The molecule has 0 amide bonds. The lowest BCUT2D eigenvalue weighted by Crippen LogP contribution is -2.02. The Bertz CT molecular complexity index is 648. The van der Waals surface area contributed by atoms with Crippen molar-refractivity contribution in [2.75, 3.05) is 5.32 Å². The molecule has 20 heavy (non-hydrogen) atoms. The van der Waals surface area contributed by atoms with Crippen LogP contribution in [0.2, 0.25) is 19.4 Å². The van der Waals surface area contributed by atoms with Crippen LogP contribution in [0.25, 0.3) is 0 Å². The van der Waals surface area contributed by atoms with Crippen molar-refractivity contribution in [2.24, 2.45) is 0 Å². The summed E-state index contributed by atoms with van der Waals surface area (Å²) < 4.78 is 0.434. The van der Waals surface area contributed by atoms with Crippen molar-refractivity contribution in [1.29, 1.82) is 0 Å². The summed E-state index contributed by atoms with van der Waals surface area (Å²) in [6.07, 6.45) is -0.144. The van der Waals surface area contributed by atoms with Crippen molar-refractivity contribution >= 4 is 75.1 Å². The van der Waals surface area contributed by atoms with E-state index in [1.54, 1.807) is 5.38 Å². The van der Waals surface area contributed by atoms with Gasteiger partial charge in [-0.2, -0.15) is 0 Å². The molecule has 0 aliphatic heterocycles. The van der Waals surface area contributed by atoms with Gasteiger partial charge in [-0.1, -0.05) is 46.4 Å². The molecule has 8 heteroatoms. The van der Waals surface area contributed by atoms with Gasteiger partial charge in [0.2, 0.25) is 0 Å². The number of nitrogens with one attached hydrogen (secondary N) is 1. The standard InChI is InChI=1S/C12H7Cl4NO2S/c13-6-2-7(14)11(8(15)3-6)17-10-5(1-9(18)19)4-20-12(10)16/h2-4,17H,1H2,(H,18,19). The number of thiophene rings is 1. The number of halogens is 4. The fourth-order valence-electron chi connectivity index (χ4n) is 1.58. The molecule has 0 atom stereocenters. The highest BCUT2D eigenvalue weighted by Gasteiger charge is 2.16. The van der Waals surface area contributed by atoms with Gasteiger partial charge >= 0.3 is 5.97 Å². The molecule has 0 unspecified atom stereocenters. The molecular formula is C12H7Cl4NO2S. The first-order valence-corrected chi connectivity index (χ1v) is 7.67. The van der Waals surface area contributed by atoms with Gasteiger partial charge in [0.05, 0.1) is 27.8 Å². The molecule has 3 nitrogen and oxygen atoms in total. The van der Waals surface area contributed by atoms with Crippen molar-refractivity contribution in [3.8, 4) is 0 Å². The number of benzene rings is 1. The lowest BCUT2D eigenvalue weighted by atomic mass is 10.2. The number of hydrogen-bond acceptors (Lipinski definition) is 3. The maximum absolute atomic E-state index is 10.8. The van der Waals surface area contributed by atoms with Gasteiger partial charge < -0.3 is 10.4 Å². The van der Waals surface area contributed by atoms with E-state index < -0.39 is 5.97 Å². The molecule has 0 aliphatic rings. The first-order valence-electron chi connectivity index (χ1n) is 5.27. The smallest absolute Gasteiger partial charge is 0.307 e. The van der Waals surface area contributed by atoms with Crippen molar-refractivity contribution in [2.45, 2.75) is 6.42 Å². The Labute approximate surface area is 139 Å². The van der Waals surface area contributed by atoms with Crippen LogP contribution in [0.15, 0.2) is 17.5 Å². The zero-order valence-electron chi connectivity index (χ0n) is 9.71. The van der Waals surface area contributed by atoms with E-state index in [1.807, 2.05) is 0 Å². The highest BCUT2D eigenvalue weighted by Crippen LogP contribution is 2.40. The van der Waals surface area contributed by atoms with Crippen LogP contribution in [-0.2, 0) is 11.2 Å². The number of rotatable bonds is 4. The normalized spacial score (nSPS) is 10.6. The van der Waals surface area contributed by atoms with Gasteiger partial charge in [0.15, 0.2) is 0 Å². The topological polar surface area (TPSA) is 49.3 Å². The van der Waals surface area contributed by atoms with Crippen LogP contribution in [0, 0.1) is 0 Å². The second kappa shape index (κ2) is 6.41. The van der Waals surface area contributed by atoms with Gasteiger partial charge in [0.25, 0.3) is 0 Å². The van der Waals surface area contributed by atoms with Gasteiger partial charge in [0.1, 0.15) is 4.34 Å². The highest BCUT2D eigenvalue weighted by molar-refractivity contribution is 7.15. The van der Waals surface area contributed by atoms with Gasteiger partial charge in [-0.3, -0.25) is 4.79 Å². The molecular weight excluding hydrogens is 364 g/mol. The molecule has 0 saturated carbocycles. The Hall–Kier alpha value is -0.650. The molecule has 0 radical (unpaired) electrons. The first kappa shape index (κ1) is 15.7. The van der Waals surface area contributed by atoms with Crippen LogP contribution >= 0.6 is 57.7 Å². The summed E-state index contributed by atoms with van der Waals surface area (Å²) in [5.74, 6) is -0.948. The molecule has 0 aliphatic carbocycles. The van der Waals surface area contributed by atoms with E-state index in [9.17, 15) is 4.79 Å². The molecule has 1 heterocycles. The lowest BCUT2D eigenvalue weighted by Gasteiger charge is -2.12. The van der Waals surface area contributed by atoms with Crippen LogP contribution in [0.5, 0.6) is 0 Å². The van der Waals surface area contributed by atoms with Crippen LogP contribution in [0.1, 0.15) is 5.56 Å². The van der Waals surface area contributed by atoms with Gasteiger partial charge in [0, 0.05) is 5.02 Å². The molecule has 0 bridgehead atoms. The fraction of sp³-hybridized carbons (Fsp3) is 0.0833. The minimum Gasteiger partial charge on any atom is -0.481 e. The third kappa shape index (κ3) is 3.51. The summed E-state index contributed by atoms with van der Waals surface area (Å²) in [5, 5.41) is 14.6. The van der Waals surface area contributed by atoms with Gasteiger partial charge in [-0.25, -0.2) is 0 Å². The van der Waals surface area contributed by atoms with Crippen LogP contribution in [-0.4, -0.2) is 11.1 Å². The highest BCUT2D eigenvalue weighted by atomic mass is 35.5. The minimum atomic E-state index is -0.948. The van der Waals surface area contributed by atoms with Crippen molar-refractivity contribution in [1.82, 2.24) is 0 Å². The summed E-state index contributed by atoms with van der Waals surface area (Å²) in [4.78, 5) is 10.8.